The molecule has 5 rings (SSSR count). The van der Waals surface area contributed by atoms with Gasteiger partial charge >= 0.3 is 0 Å². The summed E-state index contributed by atoms with van der Waals surface area (Å²) in [5.74, 6) is -1.06. The molecule has 2 heterocycles. The number of ketones is 1. The van der Waals surface area contributed by atoms with Crippen LogP contribution in [-0.4, -0.2) is 28.9 Å². The molecule has 0 bridgehead atoms. The Labute approximate surface area is 190 Å². The fraction of sp³-hybridized carbons (Fsp3) is 0.111. The molecule has 1 saturated heterocycles. The first-order chi connectivity index (χ1) is 16.0. The standard InChI is InChI=1S/C27H22N2O4/c1-16-22(20-13-6-7-14-21(20)28-16)24-23(25(30)17-9-4-3-5-10-17)26(31)27(32)29(24)18-11-8-12-19(15-18)33-2/h3-15,24,28,30H,1-2H3/b25-23+. The largest absolute Gasteiger partial charge is 0.507 e. The number of hydrogen-bond donors (Lipinski definition) is 2. The van der Waals surface area contributed by atoms with Crippen LogP contribution in [0.15, 0.2) is 84.4 Å². The number of Topliss-reactive ketones (excluding diaryl/α,β-unsaturated/α-hetero) is 1. The van der Waals surface area contributed by atoms with E-state index in [1.807, 2.05) is 37.3 Å². The molecule has 4 aromatic rings. The molecule has 1 aliphatic heterocycles. The summed E-state index contributed by atoms with van der Waals surface area (Å²) in [6.45, 7) is 1.91. The monoisotopic (exact) mass is 438 g/mol. The molecule has 6 heteroatoms. The van der Waals surface area contributed by atoms with E-state index in [1.165, 1.54) is 4.90 Å². The average molecular weight is 438 g/mol. The van der Waals surface area contributed by atoms with E-state index in [9.17, 15) is 14.7 Å². The number of para-hydroxylation sites is 1. The van der Waals surface area contributed by atoms with Gasteiger partial charge in [0, 0.05) is 39.5 Å². The number of aryl methyl sites for hydroxylation is 1. The Kier molecular flexibility index (Phi) is 4.98. The summed E-state index contributed by atoms with van der Waals surface area (Å²) in [4.78, 5) is 31.5. The number of anilines is 1. The maximum atomic E-state index is 13.4. The molecule has 1 amide bonds. The predicted octanol–water partition coefficient (Wildman–Crippen LogP) is 5.11. The Bertz CT molecular complexity index is 1420. The highest BCUT2D eigenvalue weighted by Crippen LogP contribution is 2.45. The number of aromatic nitrogens is 1. The van der Waals surface area contributed by atoms with E-state index in [0.29, 0.717) is 17.0 Å². The van der Waals surface area contributed by atoms with Crippen molar-refractivity contribution in [3.05, 3.63) is 101 Å². The maximum absolute atomic E-state index is 13.4. The second-order valence-electron chi connectivity index (χ2n) is 7.95. The minimum atomic E-state index is -0.812. The van der Waals surface area contributed by atoms with Crippen LogP contribution in [0, 0.1) is 6.92 Å². The number of hydrogen-bond acceptors (Lipinski definition) is 4. The lowest BCUT2D eigenvalue weighted by Gasteiger charge is -2.26. The Morgan fingerprint density at radius 2 is 1.70 bits per heavy atom. The van der Waals surface area contributed by atoms with Crippen molar-refractivity contribution < 1.29 is 19.4 Å². The zero-order valence-electron chi connectivity index (χ0n) is 18.2. The van der Waals surface area contributed by atoms with E-state index in [1.54, 1.807) is 55.6 Å². The van der Waals surface area contributed by atoms with Gasteiger partial charge in [0.15, 0.2) is 0 Å². The molecule has 1 aromatic heterocycles. The van der Waals surface area contributed by atoms with Gasteiger partial charge in [-0.05, 0) is 25.1 Å². The topological polar surface area (TPSA) is 82.6 Å². The van der Waals surface area contributed by atoms with Gasteiger partial charge < -0.3 is 14.8 Å². The number of carbonyl (C=O) groups excluding carboxylic acids is 2. The number of fused-ring (bicyclic) bond motifs is 1. The Hall–Kier alpha value is -4.32. The second-order valence-corrected chi connectivity index (χ2v) is 7.95. The molecule has 1 atom stereocenters. The number of nitrogens with one attached hydrogen (secondary N) is 1. The Morgan fingerprint density at radius 1 is 0.970 bits per heavy atom. The van der Waals surface area contributed by atoms with Crippen LogP contribution in [0.1, 0.15) is 22.9 Å². The minimum absolute atomic E-state index is 0.0573. The lowest BCUT2D eigenvalue weighted by atomic mass is 9.93. The van der Waals surface area contributed by atoms with Crippen LogP contribution >= 0.6 is 0 Å². The second kappa shape index (κ2) is 7.98. The van der Waals surface area contributed by atoms with Crippen molar-refractivity contribution in [1.29, 1.82) is 0 Å². The van der Waals surface area contributed by atoms with Crippen molar-refractivity contribution in [2.24, 2.45) is 0 Å². The summed E-state index contributed by atoms with van der Waals surface area (Å²) in [7, 11) is 1.55. The van der Waals surface area contributed by atoms with Gasteiger partial charge in [-0.1, -0.05) is 54.6 Å². The number of amides is 1. The van der Waals surface area contributed by atoms with E-state index >= 15 is 0 Å². The van der Waals surface area contributed by atoms with E-state index in [2.05, 4.69) is 4.98 Å². The van der Waals surface area contributed by atoms with Gasteiger partial charge in [0.2, 0.25) is 0 Å². The van der Waals surface area contributed by atoms with E-state index in [4.69, 9.17) is 4.74 Å². The number of rotatable bonds is 4. The lowest BCUT2D eigenvalue weighted by Crippen LogP contribution is -2.29. The van der Waals surface area contributed by atoms with E-state index < -0.39 is 17.7 Å². The van der Waals surface area contributed by atoms with Crippen LogP contribution in [0.25, 0.3) is 16.7 Å². The fourth-order valence-electron chi connectivity index (χ4n) is 4.53. The molecule has 1 unspecified atom stereocenters. The maximum Gasteiger partial charge on any atom is 0.300 e. The summed E-state index contributed by atoms with van der Waals surface area (Å²) in [5.41, 5.74) is 3.52. The van der Waals surface area contributed by atoms with Crippen LogP contribution in [0.5, 0.6) is 5.75 Å². The molecule has 2 N–H and O–H groups in total. The molecule has 1 fully saturated rings. The molecule has 6 nitrogen and oxygen atoms in total. The normalized spacial score (nSPS) is 17.6. The van der Waals surface area contributed by atoms with Gasteiger partial charge in [-0.15, -0.1) is 0 Å². The first kappa shape index (κ1) is 20.6. The van der Waals surface area contributed by atoms with Crippen molar-refractivity contribution in [3.63, 3.8) is 0 Å². The first-order valence-corrected chi connectivity index (χ1v) is 10.6. The van der Waals surface area contributed by atoms with Gasteiger partial charge in [0.05, 0.1) is 18.7 Å². The highest BCUT2D eigenvalue weighted by Gasteiger charge is 2.48. The third-order valence-corrected chi connectivity index (χ3v) is 6.04. The molecule has 33 heavy (non-hydrogen) atoms. The lowest BCUT2D eigenvalue weighted by molar-refractivity contribution is -0.132. The third kappa shape index (κ3) is 3.27. The van der Waals surface area contributed by atoms with Crippen LogP contribution < -0.4 is 9.64 Å². The number of H-pyrrole nitrogens is 1. The zero-order chi connectivity index (χ0) is 23.1. The summed E-state index contributed by atoms with van der Waals surface area (Å²) in [6, 6.07) is 22.7. The van der Waals surface area contributed by atoms with Gasteiger partial charge in [-0.2, -0.15) is 0 Å². The molecule has 0 saturated carbocycles. The van der Waals surface area contributed by atoms with Crippen molar-refractivity contribution in [1.82, 2.24) is 4.98 Å². The molecular weight excluding hydrogens is 416 g/mol. The van der Waals surface area contributed by atoms with Gasteiger partial charge in [0.25, 0.3) is 11.7 Å². The minimum Gasteiger partial charge on any atom is -0.507 e. The quantitative estimate of drug-likeness (QED) is 0.263. The van der Waals surface area contributed by atoms with Crippen molar-refractivity contribution in [3.8, 4) is 5.75 Å². The number of aliphatic hydroxyl groups excluding tert-OH is 1. The number of ether oxygens (including phenoxy) is 1. The van der Waals surface area contributed by atoms with Crippen LogP contribution in [0.2, 0.25) is 0 Å². The molecule has 164 valence electrons. The Balaban J connectivity index is 1.82. The molecule has 3 aromatic carbocycles. The molecular formula is C27H22N2O4. The summed E-state index contributed by atoms with van der Waals surface area (Å²) in [5, 5.41) is 12.1. The number of carbonyl (C=O) groups is 2. The van der Waals surface area contributed by atoms with E-state index in [0.717, 1.165) is 22.2 Å². The highest BCUT2D eigenvalue weighted by atomic mass is 16.5. The number of aliphatic hydroxyl groups is 1. The van der Waals surface area contributed by atoms with Crippen molar-refractivity contribution in [2.75, 3.05) is 12.0 Å². The fourth-order valence-corrected chi connectivity index (χ4v) is 4.53. The van der Waals surface area contributed by atoms with Crippen LogP contribution in [0.4, 0.5) is 5.69 Å². The van der Waals surface area contributed by atoms with E-state index in [-0.39, 0.29) is 11.3 Å². The van der Waals surface area contributed by atoms with Gasteiger partial charge in [-0.3, -0.25) is 14.5 Å². The first-order valence-electron chi connectivity index (χ1n) is 10.6. The van der Waals surface area contributed by atoms with Crippen molar-refractivity contribution in [2.45, 2.75) is 13.0 Å². The van der Waals surface area contributed by atoms with Crippen LogP contribution in [0.3, 0.4) is 0 Å². The molecule has 0 radical (unpaired) electrons. The third-order valence-electron chi connectivity index (χ3n) is 6.04. The molecule has 1 aliphatic rings. The smallest absolute Gasteiger partial charge is 0.300 e. The van der Waals surface area contributed by atoms with Crippen LogP contribution in [-0.2, 0) is 9.59 Å². The number of benzene rings is 3. The Morgan fingerprint density at radius 3 is 2.45 bits per heavy atom. The summed E-state index contributed by atoms with van der Waals surface area (Å²) >= 11 is 0. The number of methoxy groups -OCH3 is 1. The number of aromatic amines is 1. The SMILES string of the molecule is COc1cccc(N2C(=O)C(=O)/C(=C(/O)c3ccccc3)C2c2c(C)[nH]c3ccccc23)c1. The summed E-state index contributed by atoms with van der Waals surface area (Å²) in [6.07, 6.45) is 0. The molecule has 0 spiro atoms. The molecule has 0 aliphatic carbocycles. The summed E-state index contributed by atoms with van der Waals surface area (Å²) < 4.78 is 5.35. The van der Waals surface area contributed by atoms with Crippen molar-refractivity contribution >= 4 is 34.0 Å². The number of nitrogens with zero attached hydrogens (tertiary/aromatic N) is 1. The van der Waals surface area contributed by atoms with Gasteiger partial charge in [0.1, 0.15) is 11.5 Å². The highest BCUT2D eigenvalue weighted by molar-refractivity contribution is 6.52. The van der Waals surface area contributed by atoms with Gasteiger partial charge in [-0.25, -0.2) is 0 Å². The predicted molar refractivity (Wildman–Crippen MR) is 127 cm³/mol. The zero-order valence-corrected chi connectivity index (χ0v) is 18.2. The average Bonchev–Trinajstić information content (AvgIpc) is 3.31.